The predicted molar refractivity (Wildman–Crippen MR) is 107 cm³/mol. The highest BCUT2D eigenvalue weighted by Crippen LogP contribution is 2.31. The lowest BCUT2D eigenvalue weighted by Gasteiger charge is -2.11. The van der Waals surface area contributed by atoms with Crippen molar-refractivity contribution in [3.8, 4) is 17.2 Å². The summed E-state index contributed by atoms with van der Waals surface area (Å²) in [5.74, 6) is -0.120. The topological polar surface area (TPSA) is 82.2 Å². The van der Waals surface area contributed by atoms with E-state index in [9.17, 15) is 13.6 Å². The summed E-state index contributed by atoms with van der Waals surface area (Å²) >= 11 is 5.97. The van der Waals surface area contributed by atoms with Crippen LogP contribution in [0.25, 0.3) is 22.5 Å². The fourth-order valence-electron chi connectivity index (χ4n) is 3.14. The van der Waals surface area contributed by atoms with Crippen LogP contribution in [0, 0.1) is 6.92 Å². The summed E-state index contributed by atoms with van der Waals surface area (Å²) in [5, 5.41) is 7.61. The number of carbonyl (C=O) groups is 1. The van der Waals surface area contributed by atoms with Crippen LogP contribution in [0.5, 0.6) is 5.75 Å². The Morgan fingerprint density at radius 1 is 1.30 bits per heavy atom. The van der Waals surface area contributed by atoms with Gasteiger partial charge in [0.15, 0.2) is 11.4 Å². The minimum atomic E-state index is -3.00. The molecule has 0 bridgehead atoms. The van der Waals surface area contributed by atoms with Gasteiger partial charge in [-0.05, 0) is 43.3 Å². The second-order valence-electron chi connectivity index (χ2n) is 6.42. The Labute approximate surface area is 174 Å². The molecule has 0 spiro atoms. The Bertz CT molecular complexity index is 1240. The Morgan fingerprint density at radius 2 is 2.10 bits per heavy atom. The molecule has 0 unspecified atom stereocenters. The van der Waals surface area contributed by atoms with Gasteiger partial charge < -0.3 is 14.5 Å². The van der Waals surface area contributed by atoms with Crippen LogP contribution in [0.3, 0.4) is 0 Å². The third kappa shape index (κ3) is 3.71. The quantitative estimate of drug-likeness (QED) is 0.477. The number of amides is 1. The van der Waals surface area contributed by atoms with Crippen LogP contribution in [-0.4, -0.2) is 27.3 Å². The van der Waals surface area contributed by atoms with Gasteiger partial charge in [0.05, 0.1) is 27.9 Å². The second kappa shape index (κ2) is 7.75. The fraction of sp³-hybridized carbons (Fsp3) is 0.150. The molecule has 0 fully saturated rings. The number of pyridine rings is 1. The first-order valence-corrected chi connectivity index (χ1v) is 9.15. The van der Waals surface area contributed by atoms with E-state index >= 15 is 0 Å². The number of carbonyl (C=O) groups excluding carboxylic acids is 1. The molecule has 0 saturated carbocycles. The molecule has 10 heteroatoms. The number of benzene rings is 1. The molecule has 154 valence electrons. The Kier molecular flexibility index (Phi) is 5.13. The normalized spacial score (nSPS) is 11.3. The lowest BCUT2D eigenvalue weighted by atomic mass is 10.1. The van der Waals surface area contributed by atoms with Crippen LogP contribution in [0.4, 0.5) is 14.5 Å². The maximum absolute atomic E-state index is 13.1. The van der Waals surface area contributed by atoms with E-state index in [0.29, 0.717) is 39.4 Å². The number of furan rings is 1. The van der Waals surface area contributed by atoms with E-state index in [-0.39, 0.29) is 10.8 Å². The van der Waals surface area contributed by atoms with Crippen molar-refractivity contribution in [3.63, 3.8) is 0 Å². The molecule has 0 radical (unpaired) electrons. The van der Waals surface area contributed by atoms with Crippen molar-refractivity contribution in [2.75, 3.05) is 5.32 Å². The van der Waals surface area contributed by atoms with Crippen molar-refractivity contribution < 1.29 is 22.7 Å². The summed E-state index contributed by atoms with van der Waals surface area (Å²) in [6.07, 6.45) is 1.51. The number of hydrogen-bond acceptors (Lipinski definition) is 5. The minimum absolute atomic E-state index is 0.0539. The summed E-state index contributed by atoms with van der Waals surface area (Å²) in [5.41, 5.74) is 2.28. The molecule has 1 N–H and O–H groups in total. The lowest BCUT2D eigenvalue weighted by molar-refractivity contribution is -0.0497. The van der Waals surface area contributed by atoms with Crippen molar-refractivity contribution in [3.05, 3.63) is 58.9 Å². The number of rotatable bonds is 5. The highest BCUT2D eigenvalue weighted by Gasteiger charge is 2.20. The molecule has 3 aromatic heterocycles. The molecule has 7 nitrogen and oxygen atoms in total. The fourth-order valence-corrected chi connectivity index (χ4v) is 3.37. The van der Waals surface area contributed by atoms with Gasteiger partial charge in [-0.15, -0.1) is 0 Å². The van der Waals surface area contributed by atoms with Crippen LogP contribution in [0.1, 0.15) is 16.1 Å². The van der Waals surface area contributed by atoms with Gasteiger partial charge in [0.2, 0.25) is 0 Å². The molecule has 0 aliphatic rings. The van der Waals surface area contributed by atoms with Gasteiger partial charge in [0.25, 0.3) is 5.91 Å². The zero-order chi connectivity index (χ0) is 21.4. The van der Waals surface area contributed by atoms with Gasteiger partial charge in [-0.2, -0.15) is 13.9 Å². The van der Waals surface area contributed by atoms with E-state index in [1.165, 1.54) is 24.5 Å². The molecule has 0 aliphatic heterocycles. The van der Waals surface area contributed by atoms with Gasteiger partial charge in [0.1, 0.15) is 11.4 Å². The van der Waals surface area contributed by atoms with Crippen molar-refractivity contribution in [1.82, 2.24) is 14.8 Å². The average molecular weight is 433 g/mol. The number of nitrogens with one attached hydrogen (secondary N) is 1. The molecule has 4 aromatic rings. The van der Waals surface area contributed by atoms with Crippen LogP contribution >= 0.6 is 11.6 Å². The van der Waals surface area contributed by atoms with Crippen LogP contribution in [0.15, 0.2) is 47.1 Å². The number of hydrogen-bond donors (Lipinski definition) is 1. The van der Waals surface area contributed by atoms with Crippen LogP contribution in [0.2, 0.25) is 5.02 Å². The number of aryl methyl sites for hydroxylation is 2. The molecule has 4 rings (SSSR count). The Hall–Kier alpha value is -3.46. The number of ether oxygens (including phenoxy) is 1. The average Bonchev–Trinajstić information content (AvgIpc) is 3.32. The number of aromatic nitrogens is 3. The van der Waals surface area contributed by atoms with E-state index < -0.39 is 12.5 Å². The standard InChI is InChI=1S/C20H15ClF2N4O3/c1-10-17-12(9-14(16-4-3-7-29-16)25-18(17)27(2)26-10)19(28)24-11-5-6-15(13(21)8-11)30-20(22)23/h3-9,20H,1-2H3,(H,24,28). The number of fused-ring (bicyclic) bond motifs is 1. The first-order valence-electron chi connectivity index (χ1n) is 8.77. The van der Waals surface area contributed by atoms with E-state index in [1.54, 1.807) is 36.9 Å². The maximum atomic E-state index is 13.1. The van der Waals surface area contributed by atoms with Gasteiger partial charge in [-0.25, -0.2) is 4.98 Å². The summed E-state index contributed by atoms with van der Waals surface area (Å²) in [6.45, 7) is -1.22. The molecule has 1 amide bonds. The monoisotopic (exact) mass is 432 g/mol. The first-order chi connectivity index (χ1) is 14.3. The lowest BCUT2D eigenvalue weighted by Crippen LogP contribution is -2.13. The van der Waals surface area contributed by atoms with E-state index in [4.69, 9.17) is 16.0 Å². The number of alkyl halides is 2. The number of nitrogens with zero attached hydrogens (tertiary/aromatic N) is 3. The summed E-state index contributed by atoms with van der Waals surface area (Å²) in [4.78, 5) is 17.6. The zero-order valence-electron chi connectivity index (χ0n) is 15.8. The molecular weight excluding hydrogens is 418 g/mol. The summed E-state index contributed by atoms with van der Waals surface area (Å²) in [7, 11) is 1.73. The molecule has 3 heterocycles. The number of halogens is 3. The maximum Gasteiger partial charge on any atom is 0.387 e. The highest BCUT2D eigenvalue weighted by atomic mass is 35.5. The first kappa shape index (κ1) is 19.8. The van der Waals surface area contributed by atoms with Gasteiger partial charge in [-0.3, -0.25) is 9.48 Å². The molecule has 1 aromatic carbocycles. The zero-order valence-corrected chi connectivity index (χ0v) is 16.6. The van der Waals surface area contributed by atoms with Crippen molar-refractivity contribution in [1.29, 1.82) is 0 Å². The second-order valence-corrected chi connectivity index (χ2v) is 6.83. The van der Waals surface area contributed by atoms with Crippen LogP contribution in [-0.2, 0) is 7.05 Å². The van der Waals surface area contributed by atoms with Crippen molar-refractivity contribution in [2.45, 2.75) is 13.5 Å². The number of anilines is 1. The molecule has 0 atom stereocenters. The van der Waals surface area contributed by atoms with Gasteiger partial charge >= 0.3 is 6.61 Å². The van der Waals surface area contributed by atoms with E-state index in [0.717, 1.165) is 0 Å². The molecular formula is C20H15ClF2N4O3. The van der Waals surface area contributed by atoms with Gasteiger partial charge in [-0.1, -0.05) is 11.6 Å². The molecule has 0 saturated heterocycles. The summed E-state index contributed by atoms with van der Waals surface area (Å²) in [6, 6.07) is 9.08. The minimum Gasteiger partial charge on any atom is -0.463 e. The third-order valence-electron chi connectivity index (χ3n) is 4.39. The van der Waals surface area contributed by atoms with Gasteiger partial charge in [0, 0.05) is 12.7 Å². The highest BCUT2D eigenvalue weighted by molar-refractivity contribution is 6.32. The Morgan fingerprint density at radius 3 is 2.77 bits per heavy atom. The van der Waals surface area contributed by atoms with E-state index in [1.807, 2.05) is 0 Å². The largest absolute Gasteiger partial charge is 0.463 e. The van der Waals surface area contributed by atoms with Crippen molar-refractivity contribution in [2.24, 2.45) is 7.05 Å². The third-order valence-corrected chi connectivity index (χ3v) is 4.69. The smallest absolute Gasteiger partial charge is 0.387 e. The van der Waals surface area contributed by atoms with Crippen molar-refractivity contribution >= 4 is 34.2 Å². The molecule has 0 aliphatic carbocycles. The van der Waals surface area contributed by atoms with Crippen LogP contribution < -0.4 is 10.1 Å². The Balaban J connectivity index is 1.73. The predicted octanol–water partition coefficient (Wildman–Crippen LogP) is 5.04. The molecule has 30 heavy (non-hydrogen) atoms. The van der Waals surface area contributed by atoms with E-state index in [2.05, 4.69) is 20.1 Å². The SMILES string of the molecule is Cc1nn(C)c2nc(-c3ccco3)cc(C(=O)Nc3ccc(OC(F)F)c(Cl)c3)c12. The summed E-state index contributed by atoms with van der Waals surface area (Å²) < 4.78 is 36.1.